The molecule has 284 valence electrons. The Hall–Kier alpha value is -3.04. The van der Waals surface area contributed by atoms with E-state index in [0.29, 0.717) is 13.0 Å². The fraction of sp³-hybridized carbons (Fsp3) is 0.800. The molecule has 0 bridgehead atoms. The number of carbonyl (C=O) groups is 5. The third kappa shape index (κ3) is 10.1. The van der Waals surface area contributed by atoms with Crippen LogP contribution in [0.25, 0.3) is 0 Å². The number of amides is 5. The lowest BCUT2D eigenvalue weighted by Gasteiger charge is -2.37. The van der Waals surface area contributed by atoms with E-state index >= 15 is 0 Å². The number of nitrogens with zero attached hydrogens (tertiary/aromatic N) is 2. The summed E-state index contributed by atoms with van der Waals surface area (Å²) in [5.41, 5.74) is -0.767. The minimum absolute atomic E-state index is 0.0239. The fourth-order valence-electron chi connectivity index (χ4n) is 7.12. The van der Waals surface area contributed by atoms with Crippen LogP contribution in [0.5, 0.6) is 0 Å². The molecule has 2 aliphatic heterocycles. The van der Waals surface area contributed by atoms with Crippen molar-refractivity contribution in [2.75, 3.05) is 39.0 Å². The van der Waals surface area contributed by atoms with Crippen LogP contribution in [0.15, 0.2) is 12.7 Å². The molecule has 1 saturated carbocycles. The SMILES string of the molecule is C=CCNC(=O)C(=O)[C@H]1CCCCCCCO[C@@H](C)[C@H](NC(=O)N[C@H](CN(C)S(=O)(=O)CC)C(C)(C)C)C(=O)N2C[C@H]3[C@@H]([C@H]2C(=O)N1)C3(C)C. The summed E-state index contributed by atoms with van der Waals surface area (Å²) in [5.74, 6) is -2.78. The molecule has 3 fully saturated rings. The van der Waals surface area contributed by atoms with Crippen LogP contribution in [0.2, 0.25) is 0 Å². The average Bonchev–Trinajstić information content (AvgIpc) is 3.34. The van der Waals surface area contributed by atoms with Crippen LogP contribution < -0.4 is 21.3 Å². The van der Waals surface area contributed by atoms with E-state index in [-0.39, 0.29) is 49.1 Å². The second-order valence-electron chi connectivity index (χ2n) is 15.6. The van der Waals surface area contributed by atoms with Gasteiger partial charge in [-0.15, -0.1) is 6.58 Å². The van der Waals surface area contributed by atoms with Gasteiger partial charge in [0.05, 0.1) is 17.9 Å². The summed E-state index contributed by atoms with van der Waals surface area (Å²) < 4.78 is 32.4. The molecule has 0 unspecified atom stereocenters. The molecule has 1 aliphatic carbocycles. The van der Waals surface area contributed by atoms with E-state index in [9.17, 15) is 32.4 Å². The number of ether oxygens (including phenoxy) is 1. The van der Waals surface area contributed by atoms with Gasteiger partial charge in [0.25, 0.3) is 5.91 Å². The Morgan fingerprint density at radius 1 is 1.14 bits per heavy atom. The van der Waals surface area contributed by atoms with Crippen molar-refractivity contribution in [2.45, 2.75) is 117 Å². The minimum Gasteiger partial charge on any atom is -0.376 e. The van der Waals surface area contributed by atoms with Crippen molar-refractivity contribution in [3.05, 3.63) is 12.7 Å². The van der Waals surface area contributed by atoms with Gasteiger partial charge in [-0.2, -0.15) is 0 Å². The number of rotatable bonds is 10. The zero-order chi connectivity index (χ0) is 37.6. The van der Waals surface area contributed by atoms with Gasteiger partial charge < -0.3 is 30.9 Å². The molecule has 2 heterocycles. The van der Waals surface area contributed by atoms with Gasteiger partial charge in [0, 0.05) is 39.3 Å². The monoisotopic (exact) mass is 724 g/mol. The Bertz CT molecular complexity index is 1380. The zero-order valence-electron chi connectivity index (χ0n) is 31.2. The molecule has 0 aromatic heterocycles. The van der Waals surface area contributed by atoms with Gasteiger partial charge >= 0.3 is 6.03 Å². The number of ketones is 1. The van der Waals surface area contributed by atoms with Crippen molar-refractivity contribution < 1.29 is 37.1 Å². The van der Waals surface area contributed by atoms with E-state index in [1.807, 2.05) is 34.6 Å². The highest BCUT2D eigenvalue weighted by Gasteiger charge is 2.69. The summed E-state index contributed by atoms with van der Waals surface area (Å²) >= 11 is 0. The van der Waals surface area contributed by atoms with Crippen molar-refractivity contribution in [1.29, 1.82) is 0 Å². The third-order valence-corrected chi connectivity index (χ3v) is 12.5. The number of carbonyl (C=O) groups excluding carboxylic acids is 5. The Labute approximate surface area is 298 Å². The Morgan fingerprint density at radius 3 is 2.40 bits per heavy atom. The van der Waals surface area contributed by atoms with Gasteiger partial charge in [-0.1, -0.05) is 66.4 Å². The van der Waals surface area contributed by atoms with Crippen molar-refractivity contribution in [3.8, 4) is 0 Å². The maximum atomic E-state index is 14.5. The summed E-state index contributed by atoms with van der Waals surface area (Å²) in [5, 5.41) is 11.0. The van der Waals surface area contributed by atoms with Crippen LogP contribution in [-0.2, 0) is 33.9 Å². The second kappa shape index (κ2) is 17.0. The summed E-state index contributed by atoms with van der Waals surface area (Å²) in [7, 11) is -2.05. The average molecular weight is 725 g/mol. The Kier molecular flexibility index (Phi) is 14.1. The normalized spacial score (nSPS) is 28.5. The van der Waals surface area contributed by atoms with Gasteiger partial charge in [0.2, 0.25) is 27.6 Å². The molecule has 2 saturated heterocycles. The highest BCUT2D eigenvalue weighted by atomic mass is 32.2. The first-order chi connectivity index (χ1) is 23.3. The number of Topliss-reactive ketones (excluding diaryl/α,β-unsaturated/α-hetero) is 1. The molecule has 7 atom stereocenters. The summed E-state index contributed by atoms with van der Waals surface area (Å²) in [4.78, 5) is 69.5. The highest BCUT2D eigenvalue weighted by Crippen LogP contribution is 2.65. The number of nitrogens with one attached hydrogen (secondary N) is 4. The van der Waals surface area contributed by atoms with E-state index in [1.54, 1.807) is 13.8 Å². The molecule has 5 amide bonds. The lowest BCUT2D eigenvalue weighted by Crippen LogP contribution is -2.62. The quantitative estimate of drug-likeness (QED) is 0.195. The number of likely N-dealkylation sites (N-methyl/N-ethyl adjacent to an activating group) is 1. The van der Waals surface area contributed by atoms with E-state index in [2.05, 4.69) is 27.8 Å². The van der Waals surface area contributed by atoms with Crippen molar-refractivity contribution in [1.82, 2.24) is 30.5 Å². The van der Waals surface area contributed by atoms with Crippen molar-refractivity contribution in [3.63, 3.8) is 0 Å². The number of urea groups is 1. The van der Waals surface area contributed by atoms with Crippen LogP contribution in [0.4, 0.5) is 4.79 Å². The van der Waals surface area contributed by atoms with Crippen LogP contribution in [-0.4, -0.2) is 116 Å². The third-order valence-electron chi connectivity index (χ3n) is 10.7. The lowest BCUT2D eigenvalue weighted by molar-refractivity contribution is -0.146. The highest BCUT2D eigenvalue weighted by molar-refractivity contribution is 7.89. The standard InChI is InChI=1S/C35H60N6O8S/c1-10-18-36-31(44)29(42)24-17-15-13-12-14-16-19-49-22(3)27(32(45)41-20-23-26(35(23,7)8)28(41)30(43)37-24)39-33(46)38-25(34(4,5)6)21-40(9)50(47,48)11-2/h10,22-28H,1,11-21H2,2-9H3,(H,36,44)(H,37,43)(H2,38,39,46)/t22-,23-,24+,25+,26-,27-,28-/m0/s1. The van der Waals surface area contributed by atoms with Gasteiger partial charge in [0.1, 0.15) is 12.1 Å². The van der Waals surface area contributed by atoms with E-state index in [1.165, 1.54) is 22.3 Å². The fourth-order valence-corrected chi connectivity index (χ4v) is 7.94. The number of piperidine rings is 1. The number of hydrogen-bond acceptors (Lipinski definition) is 8. The minimum atomic E-state index is -3.52. The van der Waals surface area contributed by atoms with Gasteiger partial charge in [-0.25, -0.2) is 17.5 Å². The molecule has 50 heavy (non-hydrogen) atoms. The molecular weight excluding hydrogens is 664 g/mol. The molecule has 0 aromatic rings. The zero-order valence-corrected chi connectivity index (χ0v) is 32.0. The van der Waals surface area contributed by atoms with E-state index < -0.39 is 75.2 Å². The maximum absolute atomic E-state index is 14.5. The van der Waals surface area contributed by atoms with Gasteiger partial charge in [-0.3, -0.25) is 19.2 Å². The molecular formula is C35H60N6O8S. The first-order valence-corrected chi connectivity index (χ1v) is 19.5. The van der Waals surface area contributed by atoms with Crippen molar-refractivity contribution in [2.24, 2.45) is 22.7 Å². The van der Waals surface area contributed by atoms with Crippen molar-refractivity contribution >= 4 is 39.6 Å². The first kappa shape index (κ1) is 41.4. The Balaban J connectivity index is 1.91. The topological polar surface area (TPSA) is 183 Å². The number of fused-ring (bicyclic) bond motifs is 3. The first-order valence-electron chi connectivity index (χ1n) is 17.9. The smallest absolute Gasteiger partial charge is 0.315 e. The number of sulfonamides is 1. The van der Waals surface area contributed by atoms with Crippen LogP contribution in [0, 0.1) is 22.7 Å². The molecule has 0 spiro atoms. The van der Waals surface area contributed by atoms with E-state index in [4.69, 9.17) is 4.74 Å². The molecule has 0 aromatic carbocycles. The van der Waals surface area contributed by atoms with Gasteiger partial charge in [-0.05, 0) is 49.4 Å². The molecule has 3 rings (SSSR count). The van der Waals surface area contributed by atoms with Crippen LogP contribution >= 0.6 is 0 Å². The predicted molar refractivity (Wildman–Crippen MR) is 190 cm³/mol. The van der Waals surface area contributed by atoms with Crippen LogP contribution in [0.1, 0.15) is 87.0 Å². The largest absolute Gasteiger partial charge is 0.376 e. The van der Waals surface area contributed by atoms with E-state index in [0.717, 1.165) is 25.7 Å². The Morgan fingerprint density at radius 2 is 1.78 bits per heavy atom. The molecule has 14 nitrogen and oxygen atoms in total. The number of hydrogen-bond donors (Lipinski definition) is 4. The lowest BCUT2D eigenvalue weighted by atomic mass is 9.87. The predicted octanol–water partition coefficient (Wildman–Crippen LogP) is 1.95. The summed E-state index contributed by atoms with van der Waals surface area (Å²) in [6, 6.07) is -4.42. The maximum Gasteiger partial charge on any atom is 0.315 e. The summed E-state index contributed by atoms with van der Waals surface area (Å²) in [6.45, 7) is 17.3. The second-order valence-corrected chi connectivity index (χ2v) is 18.0. The molecule has 3 aliphatic rings. The van der Waals surface area contributed by atoms with Gasteiger partial charge in [0.15, 0.2) is 0 Å². The molecule has 15 heteroatoms. The molecule has 0 radical (unpaired) electrons. The van der Waals surface area contributed by atoms with Crippen LogP contribution in [0.3, 0.4) is 0 Å². The summed E-state index contributed by atoms with van der Waals surface area (Å²) in [6.07, 6.45) is 4.82. The molecule has 4 N–H and O–H groups in total.